The first-order chi connectivity index (χ1) is 22.2. The van der Waals surface area contributed by atoms with E-state index in [-0.39, 0.29) is 0 Å². The van der Waals surface area contributed by atoms with Gasteiger partial charge in [-0.15, -0.1) is 0 Å². The molecule has 2 atom stereocenters. The largest absolute Gasteiger partial charge is 0.379 e. The van der Waals surface area contributed by atoms with E-state index in [1.165, 1.54) is 68.9 Å². The minimum absolute atomic E-state index is 0.459. The Morgan fingerprint density at radius 2 is 1.30 bits per heavy atom. The Labute approximate surface area is 288 Å². The van der Waals surface area contributed by atoms with Gasteiger partial charge in [-0.05, 0) is 84.4 Å². The molecule has 0 radical (unpaired) electrons. The van der Waals surface area contributed by atoms with Gasteiger partial charge in [0.2, 0.25) is 0 Å². The number of likely N-dealkylation sites (N-methyl/N-ethyl adjacent to an activating group) is 1. The number of nitrogens with zero attached hydrogens (tertiary/aromatic N) is 1. The lowest BCUT2D eigenvalue weighted by molar-refractivity contribution is 0.0503. The molecule has 1 aliphatic heterocycles. The maximum Gasteiger partial charge on any atom is 0.0594 e. The second-order valence-electron chi connectivity index (χ2n) is 13.0. The zero-order chi connectivity index (χ0) is 34.8. The van der Waals surface area contributed by atoms with Crippen molar-refractivity contribution < 1.29 is 4.74 Å². The number of morpholine rings is 1. The Bertz CT molecular complexity index is 817. The molecule has 5 nitrogen and oxygen atoms in total. The van der Waals surface area contributed by atoms with Crippen molar-refractivity contribution in [3.8, 4) is 0 Å². The van der Waals surface area contributed by atoms with Gasteiger partial charge < -0.3 is 25.6 Å². The first-order valence-electron chi connectivity index (χ1n) is 18.5. The summed E-state index contributed by atoms with van der Waals surface area (Å²) in [5, 5.41) is 9.36. The van der Waals surface area contributed by atoms with Gasteiger partial charge in [-0.3, -0.25) is 0 Å². The molecule has 0 amide bonds. The lowest BCUT2D eigenvalue weighted by Crippen LogP contribution is -2.32. The molecule has 1 saturated carbocycles. The molecule has 2 aliphatic rings. The zero-order valence-corrected chi connectivity index (χ0v) is 32.3. The number of hydrogen-bond acceptors (Lipinski definition) is 5. The van der Waals surface area contributed by atoms with Crippen LogP contribution < -0.4 is 16.0 Å². The lowest BCUT2D eigenvalue weighted by atomic mass is 9.88. The van der Waals surface area contributed by atoms with Crippen molar-refractivity contribution in [1.29, 1.82) is 0 Å². The predicted molar refractivity (Wildman–Crippen MR) is 207 cm³/mol. The van der Waals surface area contributed by atoms with Gasteiger partial charge >= 0.3 is 0 Å². The summed E-state index contributed by atoms with van der Waals surface area (Å²) in [5.74, 6) is 1.87. The molecule has 268 valence electrons. The molecule has 46 heavy (non-hydrogen) atoms. The first-order valence-corrected chi connectivity index (χ1v) is 18.5. The van der Waals surface area contributed by atoms with Crippen LogP contribution in [0.1, 0.15) is 117 Å². The van der Waals surface area contributed by atoms with E-state index >= 15 is 0 Å². The van der Waals surface area contributed by atoms with E-state index in [4.69, 9.17) is 4.74 Å². The summed E-state index contributed by atoms with van der Waals surface area (Å²) in [4.78, 5) is 2.27. The van der Waals surface area contributed by atoms with E-state index in [1.54, 1.807) is 0 Å². The van der Waals surface area contributed by atoms with Crippen molar-refractivity contribution in [3.05, 3.63) is 71.8 Å². The molecule has 0 aromatic heterocycles. The van der Waals surface area contributed by atoms with Gasteiger partial charge in [0, 0.05) is 25.2 Å². The maximum atomic E-state index is 5.10. The Hall–Kier alpha value is -1.76. The van der Waals surface area contributed by atoms with E-state index in [9.17, 15) is 0 Å². The van der Waals surface area contributed by atoms with Crippen LogP contribution in [-0.2, 0) is 11.2 Å². The van der Waals surface area contributed by atoms with Crippen LogP contribution in [0.15, 0.2) is 60.7 Å². The van der Waals surface area contributed by atoms with Gasteiger partial charge in [0.1, 0.15) is 0 Å². The zero-order valence-electron chi connectivity index (χ0n) is 32.3. The maximum absolute atomic E-state index is 5.10. The molecule has 3 N–H and O–H groups in total. The minimum Gasteiger partial charge on any atom is -0.379 e. The SMILES string of the molecule is CCC(C)NC.CCC1CCCCC1.CCCc1ccccc1.CN1CCOCC1.CNC(C)c1ccccc1.CNCC(C)C. The molecule has 4 rings (SSSR count). The van der Waals surface area contributed by atoms with Crippen LogP contribution in [0, 0.1) is 11.8 Å². The standard InChI is InChI=1S/C9H13N.C9H12.C8H16.C5H11NO.2C5H13N/c1-8(10-2)9-6-4-3-5-7-9;1-2-6-9-7-4-3-5-8-9;1-2-8-6-4-3-5-7-8;1-6-2-4-7-5-3-6;1-5(2)4-6-3;1-4-5(2)6-3/h3-8,10H,1-2H3;3-5,7-8H,2,6H2,1H3;8H,2-7H2,1H3;2-5H2,1H3;2*5-6H,4H2,1-3H3. The van der Waals surface area contributed by atoms with Crippen molar-refractivity contribution in [2.75, 3.05) is 61.0 Å². The highest BCUT2D eigenvalue weighted by Crippen LogP contribution is 2.25. The van der Waals surface area contributed by atoms with Crippen LogP contribution in [0.5, 0.6) is 0 Å². The average molecular weight is 643 g/mol. The summed E-state index contributed by atoms with van der Waals surface area (Å²) in [6.45, 7) is 20.5. The summed E-state index contributed by atoms with van der Waals surface area (Å²) < 4.78 is 5.10. The van der Waals surface area contributed by atoms with E-state index < -0.39 is 0 Å². The van der Waals surface area contributed by atoms with E-state index in [1.807, 2.05) is 27.2 Å². The Balaban J connectivity index is 0. The fourth-order valence-electron chi connectivity index (χ4n) is 4.70. The Morgan fingerprint density at radius 3 is 1.61 bits per heavy atom. The molecule has 0 bridgehead atoms. The molecule has 1 saturated heterocycles. The fraction of sp³-hybridized carbons (Fsp3) is 0.707. The minimum atomic E-state index is 0.459. The normalized spacial score (nSPS) is 15.8. The van der Waals surface area contributed by atoms with Gasteiger partial charge in [-0.1, -0.05) is 140 Å². The fourth-order valence-corrected chi connectivity index (χ4v) is 4.70. The van der Waals surface area contributed by atoms with Gasteiger partial charge in [0.15, 0.2) is 0 Å². The van der Waals surface area contributed by atoms with Crippen LogP contribution >= 0.6 is 0 Å². The third-order valence-corrected chi connectivity index (χ3v) is 8.37. The third kappa shape index (κ3) is 30.9. The van der Waals surface area contributed by atoms with Crippen molar-refractivity contribution in [2.45, 2.75) is 118 Å². The predicted octanol–water partition coefficient (Wildman–Crippen LogP) is 9.40. The van der Waals surface area contributed by atoms with Gasteiger partial charge in [0.05, 0.1) is 13.2 Å². The summed E-state index contributed by atoms with van der Waals surface area (Å²) in [5.41, 5.74) is 2.78. The summed E-state index contributed by atoms with van der Waals surface area (Å²) in [7, 11) is 8.04. The molecule has 2 aromatic carbocycles. The van der Waals surface area contributed by atoms with E-state index in [2.05, 4.69) is 131 Å². The van der Waals surface area contributed by atoms with Crippen LogP contribution in [0.25, 0.3) is 0 Å². The second kappa shape index (κ2) is 34.6. The molecule has 5 heteroatoms. The highest BCUT2D eigenvalue weighted by Gasteiger charge is 2.09. The van der Waals surface area contributed by atoms with E-state index in [0.717, 1.165) is 44.7 Å². The number of nitrogens with one attached hydrogen (secondary N) is 3. The molecule has 0 spiro atoms. The Morgan fingerprint density at radius 1 is 0.761 bits per heavy atom. The lowest BCUT2D eigenvalue weighted by Gasteiger charge is -2.21. The van der Waals surface area contributed by atoms with Crippen molar-refractivity contribution in [2.24, 2.45) is 11.8 Å². The monoisotopic (exact) mass is 643 g/mol. The number of hydrogen-bond donors (Lipinski definition) is 3. The molecule has 1 aliphatic carbocycles. The number of benzene rings is 2. The van der Waals surface area contributed by atoms with E-state index in [0.29, 0.717) is 12.1 Å². The Kier molecular flexibility index (Phi) is 34.8. The van der Waals surface area contributed by atoms with Crippen molar-refractivity contribution >= 4 is 0 Å². The number of aryl methyl sites for hydroxylation is 1. The van der Waals surface area contributed by atoms with Gasteiger partial charge in [-0.2, -0.15) is 0 Å². The molecule has 2 unspecified atom stereocenters. The van der Waals surface area contributed by atoms with Crippen molar-refractivity contribution in [3.63, 3.8) is 0 Å². The molecule has 2 aromatic rings. The van der Waals surface area contributed by atoms with Crippen LogP contribution in [0.4, 0.5) is 0 Å². The molecule has 2 fully saturated rings. The second-order valence-corrected chi connectivity index (χ2v) is 13.0. The smallest absolute Gasteiger partial charge is 0.0594 e. The first kappa shape index (κ1) is 46.4. The third-order valence-electron chi connectivity index (χ3n) is 8.37. The van der Waals surface area contributed by atoms with Crippen LogP contribution in [-0.4, -0.2) is 72.0 Å². The summed E-state index contributed by atoms with van der Waals surface area (Å²) in [6, 6.07) is 22.1. The van der Waals surface area contributed by atoms with Crippen molar-refractivity contribution in [1.82, 2.24) is 20.9 Å². The summed E-state index contributed by atoms with van der Waals surface area (Å²) in [6.07, 6.45) is 12.6. The molecular formula is C41H78N4O. The number of rotatable bonds is 9. The summed E-state index contributed by atoms with van der Waals surface area (Å²) >= 11 is 0. The highest BCUT2D eigenvalue weighted by molar-refractivity contribution is 5.17. The van der Waals surface area contributed by atoms with Gasteiger partial charge in [-0.25, -0.2) is 0 Å². The van der Waals surface area contributed by atoms with Crippen LogP contribution in [0.2, 0.25) is 0 Å². The molecule has 1 heterocycles. The average Bonchev–Trinajstić information content (AvgIpc) is 3.10. The van der Waals surface area contributed by atoms with Gasteiger partial charge in [0.25, 0.3) is 0 Å². The molecular weight excluding hydrogens is 564 g/mol. The quantitative estimate of drug-likeness (QED) is 0.254. The van der Waals surface area contributed by atoms with Crippen LogP contribution in [0.3, 0.4) is 0 Å². The number of ether oxygens (including phenoxy) is 1. The topological polar surface area (TPSA) is 48.6 Å². The highest BCUT2D eigenvalue weighted by atomic mass is 16.5.